The van der Waals surface area contributed by atoms with Crippen LogP contribution in [0.3, 0.4) is 0 Å². The van der Waals surface area contributed by atoms with Crippen molar-refractivity contribution in [3.8, 4) is 0 Å². The van der Waals surface area contributed by atoms with Gasteiger partial charge in [0.05, 0.1) is 24.9 Å². The van der Waals surface area contributed by atoms with E-state index in [4.69, 9.17) is 9.47 Å². The quantitative estimate of drug-likeness (QED) is 0.852. The minimum atomic E-state index is -0.464. The number of aliphatic hydroxyl groups is 1. The Labute approximate surface area is 114 Å². The monoisotopic (exact) mass is 271 g/mol. The Morgan fingerprint density at radius 3 is 2.74 bits per heavy atom. The summed E-state index contributed by atoms with van der Waals surface area (Å²) >= 11 is 0. The maximum absolute atomic E-state index is 12.0. The molecule has 0 aromatic heterocycles. The number of nitrogens with zero attached hydrogens (tertiary/aromatic N) is 1. The highest BCUT2D eigenvalue weighted by molar-refractivity contribution is 5.68. The Kier molecular flexibility index (Phi) is 4.06. The van der Waals surface area contributed by atoms with Crippen LogP contribution in [0.4, 0.5) is 4.79 Å². The van der Waals surface area contributed by atoms with E-state index in [1.807, 2.05) is 20.8 Å². The fourth-order valence-corrected chi connectivity index (χ4v) is 2.21. The van der Waals surface area contributed by atoms with Crippen LogP contribution in [0, 0.1) is 0 Å². The average Bonchev–Trinajstić information content (AvgIpc) is 3.04. The molecule has 19 heavy (non-hydrogen) atoms. The summed E-state index contributed by atoms with van der Waals surface area (Å²) in [5, 5.41) is 9.83. The highest BCUT2D eigenvalue weighted by atomic mass is 16.6. The number of morpholine rings is 1. The molecule has 5 heteroatoms. The SMILES string of the molecule is CC(C)(C)OC(=O)N1CCOC(CCC2(O)CC2)C1. The molecule has 1 unspecified atom stereocenters. The third-order valence-electron chi connectivity index (χ3n) is 3.55. The van der Waals surface area contributed by atoms with Crippen molar-refractivity contribution in [1.29, 1.82) is 0 Å². The predicted molar refractivity (Wildman–Crippen MR) is 71.0 cm³/mol. The molecule has 0 spiro atoms. The number of ether oxygens (including phenoxy) is 2. The van der Waals surface area contributed by atoms with E-state index in [1.165, 1.54) is 0 Å². The molecule has 0 radical (unpaired) electrons. The zero-order valence-corrected chi connectivity index (χ0v) is 12.1. The largest absolute Gasteiger partial charge is 0.444 e. The van der Waals surface area contributed by atoms with E-state index < -0.39 is 11.2 Å². The smallest absolute Gasteiger partial charge is 0.410 e. The highest BCUT2D eigenvalue weighted by Crippen LogP contribution is 2.39. The summed E-state index contributed by atoms with van der Waals surface area (Å²) in [5.41, 5.74) is -0.911. The molecule has 0 aromatic rings. The molecule has 2 rings (SSSR count). The minimum absolute atomic E-state index is 0.0193. The van der Waals surface area contributed by atoms with Crippen LogP contribution in [-0.2, 0) is 9.47 Å². The third kappa shape index (κ3) is 4.66. The Morgan fingerprint density at radius 2 is 2.16 bits per heavy atom. The van der Waals surface area contributed by atoms with Gasteiger partial charge in [-0.1, -0.05) is 0 Å². The van der Waals surface area contributed by atoms with Gasteiger partial charge in [0.2, 0.25) is 0 Å². The van der Waals surface area contributed by atoms with Crippen LogP contribution in [0.2, 0.25) is 0 Å². The maximum Gasteiger partial charge on any atom is 0.410 e. The Morgan fingerprint density at radius 1 is 1.47 bits per heavy atom. The Bertz CT molecular complexity index is 333. The van der Waals surface area contributed by atoms with Crippen molar-refractivity contribution in [3.63, 3.8) is 0 Å². The van der Waals surface area contributed by atoms with Crippen LogP contribution >= 0.6 is 0 Å². The lowest BCUT2D eigenvalue weighted by molar-refractivity contribution is -0.0489. The number of rotatable bonds is 3. The molecule has 1 heterocycles. The van der Waals surface area contributed by atoms with Gasteiger partial charge in [0.25, 0.3) is 0 Å². The first-order valence-corrected chi connectivity index (χ1v) is 7.09. The van der Waals surface area contributed by atoms with E-state index in [9.17, 15) is 9.90 Å². The molecule has 110 valence electrons. The van der Waals surface area contributed by atoms with Crippen LogP contribution in [0.1, 0.15) is 46.5 Å². The fraction of sp³-hybridized carbons (Fsp3) is 0.929. The fourth-order valence-electron chi connectivity index (χ4n) is 2.21. The van der Waals surface area contributed by atoms with Crippen molar-refractivity contribution in [2.45, 2.75) is 63.8 Å². The first kappa shape index (κ1) is 14.6. The standard InChI is InChI=1S/C14H25NO4/c1-13(2,3)19-12(16)15-8-9-18-11(10-15)4-5-14(17)6-7-14/h11,17H,4-10H2,1-3H3. The summed E-state index contributed by atoms with van der Waals surface area (Å²) in [5.74, 6) is 0. The van der Waals surface area contributed by atoms with Gasteiger partial charge in [-0.3, -0.25) is 0 Å². The maximum atomic E-state index is 12.0. The van der Waals surface area contributed by atoms with E-state index in [0.29, 0.717) is 19.7 Å². The third-order valence-corrected chi connectivity index (χ3v) is 3.55. The first-order chi connectivity index (χ1) is 8.77. The molecule has 1 N–H and O–H groups in total. The van der Waals surface area contributed by atoms with Crippen molar-refractivity contribution in [3.05, 3.63) is 0 Å². The Hall–Kier alpha value is -0.810. The molecule has 0 bridgehead atoms. The second-order valence-electron chi connectivity index (χ2n) is 6.68. The van der Waals surface area contributed by atoms with E-state index in [1.54, 1.807) is 4.90 Å². The first-order valence-electron chi connectivity index (χ1n) is 7.09. The summed E-state index contributed by atoms with van der Waals surface area (Å²) in [6.45, 7) is 7.28. The molecular formula is C14H25NO4. The molecule has 1 amide bonds. The van der Waals surface area contributed by atoms with Crippen molar-refractivity contribution < 1.29 is 19.4 Å². The van der Waals surface area contributed by atoms with Gasteiger partial charge in [0.15, 0.2) is 0 Å². The van der Waals surface area contributed by atoms with E-state index in [2.05, 4.69) is 0 Å². The van der Waals surface area contributed by atoms with Crippen LogP contribution < -0.4 is 0 Å². The summed E-state index contributed by atoms with van der Waals surface area (Å²) in [6, 6.07) is 0. The molecule has 2 fully saturated rings. The average molecular weight is 271 g/mol. The molecule has 2 aliphatic rings. The predicted octanol–water partition coefficient (Wildman–Crippen LogP) is 1.93. The number of hydrogen-bond acceptors (Lipinski definition) is 4. The number of carbonyl (C=O) groups is 1. The second-order valence-corrected chi connectivity index (χ2v) is 6.68. The van der Waals surface area contributed by atoms with Gasteiger partial charge in [-0.05, 0) is 46.5 Å². The van der Waals surface area contributed by atoms with E-state index in [0.717, 1.165) is 25.7 Å². The van der Waals surface area contributed by atoms with Crippen molar-refractivity contribution in [2.75, 3.05) is 19.7 Å². The van der Waals surface area contributed by atoms with Gasteiger partial charge < -0.3 is 19.5 Å². The van der Waals surface area contributed by atoms with Gasteiger partial charge >= 0.3 is 6.09 Å². The summed E-state index contributed by atoms with van der Waals surface area (Å²) in [4.78, 5) is 13.7. The lowest BCUT2D eigenvalue weighted by Gasteiger charge is -2.34. The van der Waals surface area contributed by atoms with Crippen LogP contribution in [0.5, 0.6) is 0 Å². The lowest BCUT2D eigenvalue weighted by Crippen LogP contribution is -2.47. The van der Waals surface area contributed by atoms with Gasteiger partial charge in [-0.2, -0.15) is 0 Å². The summed E-state index contributed by atoms with van der Waals surface area (Å²) < 4.78 is 11.0. The Balaban J connectivity index is 1.77. The molecule has 1 aliphatic carbocycles. The van der Waals surface area contributed by atoms with Crippen molar-refractivity contribution in [2.24, 2.45) is 0 Å². The normalized spacial score (nSPS) is 26.1. The molecule has 1 saturated heterocycles. The molecule has 1 atom stereocenters. The van der Waals surface area contributed by atoms with E-state index in [-0.39, 0.29) is 12.2 Å². The van der Waals surface area contributed by atoms with Crippen molar-refractivity contribution in [1.82, 2.24) is 4.90 Å². The summed E-state index contributed by atoms with van der Waals surface area (Å²) in [6.07, 6.45) is 3.11. The zero-order valence-electron chi connectivity index (χ0n) is 12.1. The van der Waals surface area contributed by atoms with Crippen LogP contribution in [0.25, 0.3) is 0 Å². The number of hydrogen-bond donors (Lipinski definition) is 1. The second kappa shape index (κ2) is 5.29. The van der Waals surface area contributed by atoms with Gasteiger partial charge in [0, 0.05) is 6.54 Å². The number of amides is 1. The topological polar surface area (TPSA) is 59.0 Å². The van der Waals surface area contributed by atoms with Crippen LogP contribution in [-0.4, -0.2) is 53.1 Å². The van der Waals surface area contributed by atoms with Crippen molar-refractivity contribution >= 4 is 6.09 Å². The van der Waals surface area contributed by atoms with E-state index >= 15 is 0 Å². The number of carbonyl (C=O) groups excluding carboxylic acids is 1. The summed E-state index contributed by atoms with van der Waals surface area (Å²) in [7, 11) is 0. The molecule has 0 aromatic carbocycles. The molecule has 1 saturated carbocycles. The zero-order chi connectivity index (χ0) is 14.1. The highest BCUT2D eigenvalue weighted by Gasteiger charge is 2.40. The van der Waals surface area contributed by atoms with Gasteiger partial charge in [-0.25, -0.2) is 4.79 Å². The van der Waals surface area contributed by atoms with Crippen LogP contribution in [0.15, 0.2) is 0 Å². The van der Waals surface area contributed by atoms with Gasteiger partial charge in [0.1, 0.15) is 5.60 Å². The molecule has 1 aliphatic heterocycles. The minimum Gasteiger partial charge on any atom is -0.444 e. The van der Waals surface area contributed by atoms with Gasteiger partial charge in [-0.15, -0.1) is 0 Å². The molecule has 5 nitrogen and oxygen atoms in total. The lowest BCUT2D eigenvalue weighted by atomic mass is 10.1. The molecular weight excluding hydrogens is 246 g/mol.